The Hall–Kier alpha value is -4.98. The third kappa shape index (κ3) is 9.46. The smallest absolute Gasteiger partial charge is 0.326 e. The molecule has 1 saturated heterocycles. The van der Waals surface area contributed by atoms with Crippen LogP contribution in [0.1, 0.15) is 74.5 Å². The van der Waals surface area contributed by atoms with Crippen molar-refractivity contribution in [2.45, 2.75) is 107 Å². The minimum absolute atomic E-state index is 0.0753. The fourth-order valence-corrected chi connectivity index (χ4v) is 7.97. The molecule has 2 heterocycles. The first-order valence-electron chi connectivity index (χ1n) is 18.4. The molecule has 2 fully saturated rings. The number of rotatable bonds is 15. The number of nitrogens with two attached hydrogens (primary N) is 3. The van der Waals surface area contributed by atoms with Crippen molar-refractivity contribution in [3.63, 3.8) is 0 Å². The highest BCUT2D eigenvalue weighted by atomic mass is 16.4. The molecule has 52 heavy (non-hydrogen) atoms. The number of nitrogens with one attached hydrogen (secondary N) is 2. The van der Waals surface area contributed by atoms with E-state index in [0.29, 0.717) is 32.2 Å². The van der Waals surface area contributed by atoms with Crippen LogP contribution < -0.4 is 27.8 Å². The second kappa shape index (κ2) is 18.0. The van der Waals surface area contributed by atoms with Gasteiger partial charge in [0.1, 0.15) is 24.2 Å². The van der Waals surface area contributed by atoms with Crippen molar-refractivity contribution in [2.75, 3.05) is 13.1 Å². The van der Waals surface area contributed by atoms with E-state index in [2.05, 4.69) is 15.6 Å². The quantitative estimate of drug-likeness (QED) is 0.0883. The van der Waals surface area contributed by atoms with Gasteiger partial charge in [-0.15, -0.1) is 0 Å². The topological polar surface area (TPSA) is 227 Å². The fraction of sp³-hybridized carbons (Fsp3) is 0.526. The molecule has 0 spiro atoms. The lowest BCUT2D eigenvalue weighted by Crippen LogP contribution is -2.61. The largest absolute Gasteiger partial charge is 0.480 e. The van der Waals surface area contributed by atoms with E-state index >= 15 is 4.79 Å². The van der Waals surface area contributed by atoms with Gasteiger partial charge in [0.2, 0.25) is 23.6 Å². The van der Waals surface area contributed by atoms with Gasteiger partial charge in [-0.25, -0.2) is 4.79 Å². The summed E-state index contributed by atoms with van der Waals surface area (Å²) in [7, 11) is 0. The summed E-state index contributed by atoms with van der Waals surface area (Å²) in [6, 6.07) is 12.9. The van der Waals surface area contributed by atoms with Crippen molar-refractivity contribution in [3.05, 3.63) is 71.3 Å². The van der Waals surface area contributed by atoms with E-state index in [1.54, 1.807) is 9.80 Å². The minimum atomic E-state index is -1.19. The molecule has 280 valence electrons. The summed E-state index contributed by atoms with van der Waals surface area (Å²) < 4.78 is 0. The zero-order chi connectivity index (χ0) is 37.2. The monoisotopic (exact) mass is 716 g/mol. The van der Waals surface area contributed by atoms with Crippen molar-refractivity contribution < 1.29 is 29.1 Å². The molecule has 0 radical (unpaired) electrons. The minimum Gasteiger partial charge on any atom is -0.480 e. The zero-order valence-corrected chi connectivity index (χ0v) is 29.6. The summed E-state index contributed by atoms with van der Waals surface area (Å²) >= 11 is 0. The standard InChI is InChI=1S/C38H52N8O6/c39-18-8-17-33(47)43-29(20-24-10-2-1-3-11-24)35(49)45-23-27-14-5-4-12-25(27)21-32(45)36(50)46-30-16-7-6-13-26(30)22-31(46)34(48)44-28(37(51)52)15-9-19-42-38(40)41/h1-5,10-12,14,26,28-32H,6-9,13,15-23,39H2,(H,43,47)(H,44,48)(H,51,52)(H4,40,41,42)/t26-,28-,29-,30-,31-,32+/m0/s1. The average Bonchev–Trinajstić information content (AvgIpc) is 3.54. The third-order valence-corrected chi connectivity index (χ3v) is 10.5. The van der Waals surface area contributed by atoms with Crippen molar-refractivity contribution in [2.24, 2.45) is 28.1 Å². The predicted octanol–water partition coefficient (Wildman–Crippen LogP) is 1.19. The summed E-state index contributed by atoms with van der Waals surface area (Å²) in [4.78, 5) is 76.1. The molecule has 3 aliphatic rings. The van der Waals surface area contributed by atoms with Crippen molar-refractivity contribution in [1.29, 1.82) is 0 Å². The summed E-state index contributed by atoms with van der Waals surface area (Å²) in [5.74, 6) is -2.77. The molecule has 0 bridgehead atoms. The molecular weight excluding hydrogens is 664 g/mol. The van der Waals surface area contributed by atoms with Gasteiger partial charge < -0.3 is 42.7 Å². The van der Waals surface area contributed by atoms with Crippen LogP contribution in [0, 0.1) is 5.92 Å². The van der Waals surface area contributed by atoms with Crippen LogP contribution in [0.15, 0.2) is 59.6 Å². The first kappa shape index (κ1) is 38.3. The molecule has 4 amide bonds. The predicted molar refractivity (Wildman–Crippen MR) is 195 cm³/mol. The van der Waals surface area contributed by atoms with E-state index in [-0.39, 0.29) is 74.4 Å². The lowest BCUT2D eigenvalue weighted by Gasteiger charge is -2.42. The number of nitrogens with zero attached hydrogens (tertiary/aromatic N) is 3. The van der Waals surface area contributed by atoms with Gasteiger partial charge in [-0.2, -0.15) is 0 Å². The Morgan fingerprint density at radius 1 is 0.885 bits per heavy atom. The Morgan fingerprint density at radius 3 is 2.31 bits per heavy atom. The first-order chi connectivity index (χ1) is 25.1. The van der Waals surface area contributed by atoms with E-state index < -0.39 is 36.0 Å². The average molecular weight is 717 g/mol. The van der Waals surface area contributed by atoms with Crippen molar-refractivity contribution in [3.8, 4) is 0 Å². The number of hydrogen-bond acceptors (Lipinski definition) is 7. The van der Waals surface area contributed by atoms with Crippen molar-refractivity contribution in [1.82, 2.24) is 20.4 Å². The van der Waals surface area contributed by atoms with Gasteiger partial charge in [0.05, 0.1) is 0 Å². The van der Waals surface area contributed by atoms with Crippen LogP contribution in [-0.4, -0.2) is 93.8 Å². The lowest BCUT2D eigenvalue weighted by atomic mass is 9.84. The number of aliphatic carboxylic acids is 1. The molecule has 2 aromatic carbocycles. The normalized spacial score (nSPS) is 21.9. The lowest BCUT2D eigenvalue weighted by molar-refractivity contribution is -0.153. The molecule has 0 aromatic heterocycles. The number of amides is 4. The highest BCUT2D eigenvalue weighted by molar-refractivity contribution is 5.96. The van der Waals surface area contributed by atoms with Gasteiger partial charge in [0.25, 0.3) is 0 Å². The van der Waals surface area contributed by atoms with Gasteiger partial charge in [-0.1, -0.05) is 67.4 Å². The molecule has 1 aliphatic carbocycles. The molecule has 9 N–H and O–H groups in total. The number of aliphatic imine (C=N–C) groups is 1. The van der Waals surface area contributed by atoms with E-state index in [0.717, 1.165) is 36.0 Å². The van der Waals surface area contributed by atoms with Crippen LogP contribution in [0.4, 0.5) is 0 Å². The Balaban J connectivity index is 1.45. The molecule has 14 heteroatoms. The highest BCUT2D eigenvalue weighted by Gasteiger charge is 2.51. The Labute approximate surface area is 304 Å². The molecule has 0 unspecified atom stereocenters. The molecular formula is C38H52N8O6. The first-order valence-corrected chi connectivity index (χ1v) is 18.4. The van der Waals surface area contributed by atoms with E-state index in [1.807, 2.05) is 54.6 Å². The van der Waals surface area contributed by atoms with Crippen LogP contribution in [-0.2, 0) is 43.4 Å². The maximum absolute atomic E-state index is 15.0. The van der Waals surface area contributed by atoms with Gasteiger partial charge in [0.15, 0.2) is 5.96 Å². The van der Waals surface area contributed by atoms with Gasteiger partial charge in [-0.05, 0) is 67.7 Å². The Morgan fingerprint density at radius 2 is 1.60 bits per heavy atom. The number of hydrogen-bond donors (Lipinski definition) is 6. The molecule has 2 aliphatic heterocycles. The number of benzene rings is 2. The van der Waals surface area contributed by atoms with Gasteiger partial charge in [0, 0.05) is 38.4 Å². The summed E-state index contributed by atoms with van der Waals surface area (Å²) in [5, 5.41) is 15.6. The van der Waals surface area contributed by atoms with E-state index in [4.69, 9.17) is 17.2 Å². The number of carboxylic acid groups (broad SMARTS) is 1. The second-order valence-corrected chi connectivity index (χ2v) is 14.1. The molecule has 5 rings (SSSR count). The van der Waals surface area contributed by atoms with Crippen molar-refractivity contribution >= 4 is 35.6 Å². The third-order valence-electron chi connectivity index (χ3n) is 10.5. The summed E-state index contributed by atoms with van der Waals surface area (Å²) in [5.41, 5.74) is 19.1. The maximum atomic E-state index is 15.0. The number of likely N-dealkylation sites (tertiary alicyclic amines) is 1. The number of carboxylic acids is 1. The van der Waals surface area contributed by atoms with Crippen LogP contribution in [0.2, 0.25) is 0 Å². The number of guanidine groups is 1. The Bertz CT molecular complexity index is 1620. The number of carbonyl (C=O) groups excluding carboxylic acids is 4. The Kier molecular flexibility index (Phi) is 13.2. The molecule has 2 aromatic rings. The van der Waals surface area contributed by atoms with E-state index in [9.17, 15) is 24.3 Å². The van der Waals surface area contributed by atoms with Gasteiger partial charge >= 0.3 is 5.97 Å². The highest BCUT2D eigenvalue weighted by Crippen LogP contribution is 2.41. The van der Waals surface area contributed by atoms with Gasteiger partial charge in [-0.3, -0.25) is 24.2 Å². The van der Waals surface area contributed by atoms with Crippen LogP contribution in [0.25, 0.3) is 0 Å². The fourth-order valence-electron chi connectivity index (χ4n) is 7.97. The summed E-state index contributed by atoms with van der Waals surface area (Å²) in [6.45, 7) is 0.707. The maximum Gasteiger partial charge on any atom is 0.326 e. The van der Waals surface area contributed by atoms with Crippen LogP contribution in [0.3, 0.4) is 0 Å². The second-order valence-electron chi connectivity index (χ2n) is 14.1. The molecule has 1 saturated carbocycles. The van der Waals surface area contributed by atoms with E-state index in [1.165, 1.54) is 0 Å². The molecule has 6 atom stereocenters. The van der Waals surface area contributed by atoms with Crippen LogP contribution >= 0.6 is 0 Å². The summed E-state index contributed by atoms with van der Waals surface area (Å²) in [6.07, 6.45) is 5.39. The number of fused-ring (bicyclic) bond motifs is 2. The zero-order valence-electron chi connectivity index (χ0n) is 29.6. The number of carbonyl (C=O) groups is 5. The SMILES string of the molecule is NCCCC(=O)N[C@@H](Cc1ccccc1)C(=O)N1Cc2ccccc2C[C@@H]1C(=O)N1[C@H](C(=O)N[C@@H](CCCN=C(N)N)C(=O)O)C[C@@H]2CCCC[C@@H]21. The molecule has 14 nitrogen and oxygen atoms in total. The van der Waals surface area contributed by atoms with Crippen LogP contribution in [0.5, 0.6) is 0 Å².